The van der Waals surface area contributed by atoms with Gasteiger partial charge in [0.05, 0.1) is 46.1 Å². The molecule has 0 bridgehead atoms. The van der Waals surface area contributed by atoms with Crippen LogP contribution < -0.4 is 19.7 Å². The predicted molar refractivity (Wildman–Crippen MR) is 273 cm³/mol. The molecular weight excluding hydrogens is 1020 g/mol. The maximum Gasteiger partial charge on any atom is 0.410 e. The molecule has 2 aliphatic rings. The zero-order chi connectivity index (χ0) is 54.0. The summed E-state index contributed by atoms with van der Waals surface area (Å²) in [6, 6.07) is 21.8. The van der Waals surface area contributed by atoms with Crippen LogP contribution in [-0.4, -0.2) is 148 Å². The van der Waals surface area contributed by atoms with Crippen LogP contribution in [0.3, 0.4) is 0 Å². The van der Waals surface area contributed by atoms with E-state index in [1.165, 1.54) is 43.4 Å². The van der Waals surface area contributed by atoms with Crippen molar-refractivity contribution in [2.45, 2.75) is 64.6 Å². The summed E-state index contributed by atoms with van der Waals surface area (Å²) in [6.45, 7) is 14.0. The minimum absolute atomic E-state index is 0.0648. The third-order valence-electron chi connectivity index (χ3n) is 10.8. The first-order valence-corrected chi connectivity index (χ1v) is 24.3. The first kappa shape index (κ1) is 58.4. The molecule has 4 aromatic carbocycles. The zero-order valence-corrected chi connectivity index (χ0v) is 44.5. The first-order valence-electron chi connectivity index (χ1n) is 23.1. The zero-order valence-electron chi connectivity index (χ0n) is 42.9. The number of anilines is 2. The van der Waals surface area contributed by atoms with Gasteiger partial charge in [-0.15, -0.1) is 0 Å². The Hall–Kier alpha value is -7.16. The van der Waals surface area contributed by atoms with Crippen LogP contribution >= 0.6 is 15.9 Å². The molecule has 4 aromatic rings. The van der Waals surface area contributed by atoms with E-state index >= 15 is 0 Å². The van der Waals surface area contributed by atoms with E-state index < -0.39 is 40.9 Å². The van der Waals surface area contributed by atoms with Crippen molar-refractivity contribution in [2.24, 2.45) is 0 Å². The molecule has 0 radical (unpaired) electrons. The molecule has 1 N–H and O–H groups in total. The number of ether oxygens (including phenoxy) is 6. The quantitative estimate of drug-likeness (QED) is 0.0952. The molecule has 0 atom stereocenters. The van der Waals surface area contributed by atoms with Gasteiger partial charge in [0.1, 0.15) is 34.3 Å². The number of urea groups is 2. The predicted octanol–water partition coefficient (Wildman–Crippen LogP) is 9.59. The summed E-state index contributed by atoms with van der Waals surface area (Å²) in [5.41, 5.74) is 1.20. The van der Waals surface area contributed by atoms with Gasteiger partial charge in [0.15, 0.2) is 0 Å². The third-order valence-corrected chi connectivity index (χ3v) is 11.4. The van der Waals surface area contributed by atoms with Crippen molar-refractivity contribution in [2.75, 3.05) is 91.0 Å². The lowest BCUT2D eigenvalue weighted by atomic mass is 10.1. The van der Waals surface area contributed by atoms with E-state index in [-0.39, 0.29) is 41.4 Å². The number of hydrogen-bond donors (Lipinski definition) is 1. The number of methoxy groups -OCH3 is 4. The molecule has 6 amide bonds. The highest BCUT2D eigenvalue weighted by molar-refractivity contribution is 9.08. The van der Waals surface area contributed by atoms with Crippen LogP contribution in [0.4, 0.5) is 39.3 Å². The van der Waals surface area contributed by atoms with Crippen LogP contribution in [-0.2, 0) is 30.8 Å². The molecule has 396 valence electrons. The molecule has 2 heterocycles. The average molecular weight is 1080 g/mol. The van der Waals surface area contributed by atoms with E-state index in [1.54, 1.807) is 109 Å². The van der Waals surface area contributed by atoms with Crippen LogP contribution in [0.5, 0.6) is 11.5 Å². The maximum atomic E-state index is 14.9. The summed E-state index contributed by atoms with van der Waals surface area (Å²) in [6.07, 6.45) is -0.757. The summed E-state index contributed by atoms with van der Waals surface area (Å²) in [5, 5.41) is 3.27. The van der Waals surface area contributed by atoms with E-state index in [1.807, 2.05) is 20.8 Å². The molecule has 6 rings (SSSR count). The summed E-state index contributed by atoms with van der Waals surface area (Å²) in [5.74, 6) is -0.852. The smallest absolute Gasteiger partial charge is 0.410 e. The Labute approximate surface area is 433 Å². The van der Waals surface area contributed by atoms with Gasteiger partial charge < -0.3 is 53.3 Å². The van der Waals surface area contributed by atoms with Crippen molar-refractivity contribution in [3.05, 3.63) is 119 Å². The molecule has 21 heteroatoms. The molecule has 0 unspecified atom stereocenters. The Bertz CT molecular complexity index is 2510. The number of nitrogens with zero attached hydrogens (tertiary/aromatic N) is 5. The Kier molecular flexibility index (Phi) is 21.6. The number of carbonyl (C=O) groups excluding carboxylic acids is 6. The first-order chi connectivity index (χ1) is 34.5. The topological polar surface area (TPSA) is 186 Å². The molecule has 18 nitrogen and oxygen atoms in total. The van der Waals surface area contributed by atoms with Gasteiger partial charge in [0, 0.05) is 74.6 Å². The van der Waals surface area contributed by atoms with E-state index in [0.29, 0.717) is 80.4 Å². The molecule has 2 fully saturated rings. The summed E-state index contributed by atoms with van der Waals surface area (Å²) < 4.78 is 58.2. The third kappa shape index (κ3) is 18.1. The number of hydrogen-bond acceptors (Lipinski definition) is 12. The Morgan fingerprint density at radius 1 is 0.562 bits per heavy atom. The molecular formula is C52H65BrF2N6O12. The number of esters is 2. The Balaban J connectivity index is 0.000000267. The molecule has 2 saturated heterocycles. The molecule has 2 aliphatic heterocycles. The molecule has 0 aromatic heterocycles. The number of halogens is 3. The highest BCUT2D eigenvalue weighted by Gasteiger charge is 2.32. The van der Waals surface area contributed by atoms with Gasteiger partial charge >= 0.3 is 36.2 Å². The van der Waals surface area contributed by atoms with Crippen molar-refractivity contribution in [1.82, 2.24) is 19.6 Å². The number of carbonyl (C=O) groups is 6. The lowest BCUT2D eigenvalue weighted by molar-refractivity contribution is 0.0165. The summed E-state index contributed by atoms with van der Waals surface area (Å²) in [7, 11) is 5.62. The van der Waals surface area contributed by atoms with Crippen molar-refractivity contribution in [3.8, 4) is 11.5 Å². The molecule has 0 aliphatic carbocycles. The van der Waals surface area contributed by atoms with Crippen LogP contribution in [0.25, 0.3) is 0 Å². The Morgan fingerprint density at radius 2 is 0.959 bits per heavy atom. The van der Waals surface area contributed by atoms with Gasteiger partial charge in [0.25, 0.3) is 0 Å². The number of piperazine rings is 2. The molecule has 73 heavy (non-hydrogen) atoms. The maximum absolute atomic E-state index is 14.9. The largest absolute Gasteiger partial charge is 0.497 e. The van der Waals surface area contributed by atoms with Gasteiger partial charge in [-0.05, 0) is 120 Å². The van der Waals surface area contributed by atoms with Crippen molar-refractivity contribution in [3.63, 3.8) is 0 Å². The van der Waals surface area contributed by atoms with Crippen LogP contribution in [0.1, 0.15) is 73.4 Å². The average Bonchev–Trinajstić information content (AvgIpc) is 3.37. The number of nitrogens with one attached hydrogen (secondary N) is 1. The van der Waals surface area contributed by atoms with Gasteiger partial charge in [0.2, 0.25) is 0 Å². The van der Waals surface area contributed by atoms with E-state index in [9.17, 15) is 37.5 Å². The van der Waals surface area contributed by atoms with Crippen molar-refractivity contribution >= 4 is 63.5 Å². The lowest BCUT2D eigenvalue weighted by Crippen LogP contribution is -2.54. The fraction of sp³-hybridized carbons (Fsp3) is 0.423. The van der Waals surface area contributed by atoms with Gasteiger partial charge in [-0.25, -0.2) is 37.5 Å². The second-order valence-corrected chi connectivity index (χ2v) is 18.9. The fourth-order valence-corrected chi connectivity index (χ4v) is 7.35. The minimum atomic E-state index is -0.647. The second kappa shape index (κ2) is 27.0. The fourth-order valence-electron chi connectivity index (χ4n) is 6.90. The van der Waals surface area contributed by atoms with Crippen LogP contribution in [0.2, 0.25) is 0 Å². The second-order valence-electron chi connectivity index (χ2n) is 18.4. The monoisotopic (exact) mass is 1080 g/mol. The van der Waals surface area contributed by atoms with E-state index in [4.69, 9.17) is 18.9 Å². The normalized spacial score (nSPS) is 13.4. The van der Waals surface area contributed by atoms with Gasteiger partial charge in [-0.1, -0.05) is 28.1 Å². The highest BCUT2D eigenvalue weighted by atomic mass is 79.9. The van der Waals surface area contributed by atoms with Gasteiger partial charge in [-0.2, -0.15) is 0 Å². The van der Waals surface area contributed by atoms with E-state index in [2.05, 4.69) is 30.7 Å². The number of amides is 6. The highest BCUT2D eigenvalue weighted by Crippen LogP contribution is 2.26. The number of benzene rings is 4. The minimum Gasteiger partial charge on any atom is -0.497 e. The van der Waals surface area contributed by atoms with E-state index in [0.717, 1.165) is 11.8 Å². The number of alkyl halides is 1. The Morgan fingerprint density at radius 3 is 1.34 bits per heavy atom. The van der Waals surface area contributed by atoms with Crippen LogP contribution in [0, 0.1) is 11.6 Å². The summed E-state index contributed by atoms with van der Waals surface area (Å²) >= 11 is 3.13. The van der Waals surface area contributed by atoms with Crippen molar-refractivity contribution in [1.29, 1.82) is 0 Å². The molecule has 0 saturated carbocycles. The van der Waals surface area contributed by atoms with Crippen molar-refractivity contribution < 1.29 is 66.0 Å². The lowest BCUT2D eigenvalue weighted by Gasteiger charge is -2.38. The molecule has 0 spiro atoms. The van der Waals surface area contributed by atoms with Crippen LogP contribution in [0.15, 0.2) is 84.9 Å². The van der Waals surface area contributed by atoms with Gasteiger partial charge in [-0.3, -0.25) is 4.90 Å². The number of rotatable bonds is 9. The standard InChI is InChI=1S/C26H32FN3O6.C17H25N3O4.C9H8BrFO2/c1-26(2,3)36-25(33)29-14-12-28(13-15-29)24(32)30(20-8-10-21(34-4)11-9-20)17-19-7-6-18(16-22(19)27)23(31)35-5;1-17(2,3)24-16(22)20-11-9-19(10-12-20)15(21)18-13-5-7-14(23-4)8-6-13;1-13-9(12)6-2-3-7(5-10)8(11)4-6/h6-11,16H,12-15,17H2,1-5H3;5-8H,9-12H2,1-4H3,(H,18,21);2-4H,5H2,1H3. The SMILES string of the molecule is COC(=O)c1ccc(CBr)c(F)c1.COC(=O)c1ccc(CN(C(=O)N2CCN(C(=O)OC(C)(C)C)CC2)c2ccc(OC)cc2)c(F)c1.COc1ccc(NC(=O)N2CCN(C(=O)OC(C)(C)C)CC2)cc1. The summed E-state index contributed by atoms with van der Waals surface area (Å²) in [4.78, 5) is 80.9.